The Balaban J connectivity index is 1.59. The summed E-state index contributed by atoms with van der Waals surface area (Å²) >= 11 is 3.38. The highest BCUT2D eigenvalue weighted by molar-refractivity contribution is 9.10. The molecule has 1 aliphatic heterocycles. The van der Waals surface area contributed by atoms with Gasteiger partial charge >= 0.3 is 0 Å². The molecule has 6 heteroatoms. The zero-order valence-electron chi connectivity index (χ0n) is 13.9. The maximum absolute atomic E-state index is 12.4. The van der Waals surface area contributed by atoms with Gasteiger partial charge in [-0.15, -0.1) is 0 Å². The predicted molar refractivity (Wildman–Crippen MR) is 105 cm³/mol. The smallest absolute Gasteiger partial charge is 0.253 e. The summed E-state index contributed by atoms with van der Waals surface area (Å²) in [7, 11) is 0. The van der Waals surface area contributed by atoms with Crippen molar-refractivity contribution in [2.75, 3.05) is 6.54 Å². The normalized spacial score (nSPS) is 19.8. The molecule has 3 rings (SSSR count). The highest BCUT2D eigenvalue weighted by atomic mass is 79.9. The Bertz CT molecular complexity index is 832. The third-order valence-corrected chi connectivity index (χ3v) is 4.71. The topological polar surface area (TPSA) is 70.6 Å². The van der Waals surface area contributed by atoms with Crippen LogP contribution in [0.25, 0.3) is 6.08 Å². The molecule has 2 amide bonds. The predicted octanol–water partition coefficient (Wildman–Crippen LogP) is 3.09. The number of nitrogens with zero attached hydrogens (tertiary/aromatic N) is 1. The number of carbonyl (C=O) groups is 2. The molecule has 0 radical (unpaired) electrons. The highest BCUT2D eigenvalue weighted by Crippen LogP contribution is 2.28. The average molecular weight is 412 g/mol. The van der Waals surface area contributed by atoms with Crippen LogP contribution < -0.4 is 10.7 Å². The first-order valence-corrected chi connectivity index (χ1v) is 9.02. The molecule has 132 valence electrons. The Morgan fingerprint density at radius 1 is 1.15 bits per heavy atom. The summed E-state index contributed by atoms with van der Waals surface area (Å²) in [5, 5.41) is 6.67. The molecule has 1 aliphatic rings. The number of rotatable bonds is 5. The van der Waals surface area contributed by atoms with E-state index in [1.165, 1.54) is 6.21 Å². The van der Waals surface area contributed by atoms with Gasteiger partial charge in [-0.2, -0.15) is 5.10 Å². The van der Waals surface area contributed by atoms with E-state index in [4.69, 9.17) is 0 Å². The van der Waals surface area contributed by atoms with Gasteiger partial charge in [-0.25, -0.2) is 5.43 Å². The summed E-state index contributed by atoms with van der Waals surface area (Å²) in [5.41, 5.74) is 4.44. The van der Waals surface area contributed by atoms with Gasteiger partial charge in [-0.05, 0) is 29.3 Å². The molecule has 5 nitrogen and oxygen atoms in total. The molecule has 1 saturated heterocycles. The first kappa shape index (κ1) is 18.1. The molecule has 0 aromatic heterocycles. The Kier molecular flexibility index (Phi) is 5.96. The van der Waals surface area contributed by atoms with Crippen LogP contribution in [0.5, 0.6) is 0 Å². The molecular formula is C20H18BrN3O2. The summed E-state index contributed by atoms with van der Waals surface area (Å²) in [6.45, 7) is 0.452. The van der Waals surface area contributed by atoms with E-state index in [2.05, 4.69) is 31.8 Å². The minimum absolute atomic E-state index is 0.183. The molecule has 2 atom stereocenters. The fraction of sp³-hybridized carbons (Fsp3) is 0.150. The second-order valence-electron chi connectivity index (χ2n) is 5.90. The maximum atomic E-state index is 12.4. The number of hydrogen-bond acceptors (Lipinski definition) is 3. The summed E-state index contributed by atoms with van der Waals surface area (Å²) in [5.74, 6) is -1.62. The third-order valence-electron chi connectivity index (χ3n) is 4.19. The van der Waals surface area contributed by atoms with Crippen LogP contribution in [0.1, 0.15) is 17.0 Å². The standard InChI is InChI=1S/C20H18BrN3O2/c21-16-10-8-14(9-11-16)5-4-12-23-24-20(26)18-17(13-22-19(18)25)15-6-2-1-3-7-15/h1-12,17-18H,13H2,(H,22,25)(H,24,26)/t17-,18+/m1/s1. The zero-order chi connectivity index (χ0) is 18.4. The number of nitrogens with one attached hydrogen (secondary N) is 2. The van der Waals surface area contributed by atoms with Crippen LogP contribution in [0, 0.1) is 5.92 Å². The van der Waals surface area contributed by atoms with Gasteiger partial charge in [-0.3, -0.25) is 9.59 Å². The summed E-state index contributed by atoms with van der Waals surface area (Å²) in [6, 6.07) is 17.4. The number of benzene rings is 2. The second-order valence-corrected chi connectivity index (χ2v) is 6.82. The van der Waals surface area contributed by atoms with Gasteiger partial charge in [0.05, 0.1) is 0 Å². The minimum atomic E-state index is -0.773. The lowest BCUT2D eigenvalue weighted by molar-refractivity contribution is -0.133. The van der Waals surface area contributed by atoms with Crippen LogP contribution in [0.3, 0.4) is 0 Å². The zero-order valence-corrected chi connectivity index (χ0v) is 15.5. The molecule has 2 aromatic rings. The maximum Gasteiger partial charge on any atom is 0.253 e. The van der Waals surface area contributed by atoms with Crippen LogP contribution in [0.15, 0.2) is 70.2 Å². The summed E-state index contributed by atoms with van der Waals surface area (Å²) < 4.78 is 1.01. The van der Waals surface area contributed by atoms with Crippen molar-refractivity contribution >= 4 is 40.0 Å². The summed E-state index contributed by atoms with van der Waals surface area (Å²) in [4.78, 5) is 24.5. The van der Waals surface area contributed by atoms with Crippen LogP contribution in [-0.2, 0) is 9.59 Å². The van der Waals surface area contributed by atoms with Gasteiger partial charge in [0.2, 0.25) is 5.91 Å². The fourth-order valence-electron chi connectivity index (χ4n) is 2.87. The first-order valence-electron chi connectivity index (χ1n) is 8.23. The van der Waals surface area contributed by atoms with E-state index >= 15 is 0 Å². The van der Waals surface area contributed by atoms with E-state index in [0.29, 0.717) is 6.54 Å². The van der Waals surface area contributed by atoms with Crippen LogP contribution >= 0.6 is 15.9 Å². The SMILES string of the molecule is O=C1NC[C@H](c2ccccc2)[C@@H]1C(=O)NN=CC=Cc1ccc(Br)cc1. The van der Waals surface area contributed by atoms with Crippen molar-refractivity contribution in [1.82, 2.24) is 10.7 Å². The lowest BCUT2D eigenvalue weighted by Gasteiger charge is -2.15. The highest BCUT2D eigenvalue weighted by Gasteiger charge is 2.40. The van der Waals surface area contributed by atoms with Crippen LogP contribution in [0.2, 0.25) is 0 Å². The number of hydrogen-bond donors (Lipinski definition) is 2. The van der Waals surface area contributed by atoms with Crippen LogP contribution in [-0.4, -0.2) is 24.6 Å². The van der Waals surface area contributed by atoms with Crippen molar-refractivity contribution in [1.29, 1.82) is 0 Å². The van der Waals surface area contributed by atoms with Gasteiger partial charge in [0.15, 0.2) is 0 Å². The Morgan fingerprint density at radius 3 is 2.62 bits per heavy atom. The number of carbonyl (C=O) groups excluding carboxylic acids is 2. The van der Waals surface area contributed by atoms with Crippen molar-refractivity contribution in [2.24, 2.45) is 11.0 Å². The molecule has 0 bridgehead atoms. The van der Waals surface area contributed by atoms with Crippen LogP contribution in [0.4, 0.5) is 0 Å². The van der Waals surface area contributed by atoms with E-state index in [1.54, 1.807) is 6.08 Å². The van der Waals surface area contributed by atoms with Gasteiger partial charge in [0.1, 0.15) is 5.92 Å². The van der Waals surface area contributed by atoms with Crippen molar-refractivity contribution in [3.63, 3.8) is 0 Å². The molecule has 2 N–H and O–H groups in total. The van der Waals surface area contributed by atoms with Crippen molar-refractivity contribution < 1.29 is 9.59 Å². The monoisotopic (exact) mass is 411 g/mol. The van der Waals surface area contributed by atoms with E-state index in [0.717, 1.165) is 15.6 Å². The lowest BCUT2D eigenvalue weighted by atomic mass is 9.88. The second kappa shape index (κ2) is 8.58. The Hall–Kier alpha value is -2.73. The lowest BCUT2D eigenvalue weighted by Crippen LogP contribution is -2.34. The molecule has 2 aromatic carbocycles. The van der Waals surface area contributed by atoms with E-state index in [-0.39, 0.29) is 11.8 Å². The average Bonchev–Trinajstić information content (AvgIpc) is 3.05. The Labute approximate surface area is 160 Å². The van der Waals surface area contributed by atoms with Gasteiger partial charge in [-0.1, -0.05) is 64.5 Å². The number of amides is 2. The third kappa shape index (κ3) is 4.46. The molecule has 0 saturated carbocycles. The van der Waals surface area contributed by atoms with Gasteiger partial charge in [0.25, 0.3) is 5.91 Å². The molecular weight excluding hydrogens is 394 g/mol. The van der Waals surface area contributed by atoms with E-state index in [9.17, 15) is 9.59 Å². The Morgan fingerprint density at radius 2 is 1.88 bits per heavy atom. The van der Waals surface area contributed by atoms with Gasteiger partial charge < -0.3 is 5.32 Å². The van der Waals surface area contributed by atoms with Crippen molar-refractivity contribution in [3.8, 4) is 0 Å². The molecule has 0 aliphatic carbocycles. The molecule has 1 heterocycles. The van der Waals surface area contributed by atoms with Crippen molar-refractivity contribution in [3.05, 3.63) is 76.3 Å². The molecule has 0 unspecified atom stereocenters. The quantitative estimate of drug-likeness (QED) is 0.450. The first-order chi connectivity index (χ1) is 12.6. The number of hydrazone groups is 1. The van der Waals surface area contributed by atoms with Crippen molar-refractivity contribution in [2.45, 2.75) is 5.92 Å². The number of allylic oxidation sites excluding steroid dienone is 1. The minimum Gasteiger partial charge on any atom is -0.355 e. The summed E-state index contributed by atoms with van der Waals surface area (Å²) in [6.07, 6.45) is 5.09. The largest absolute Gasteiger partial charge is 0.355 e. The molecule has 26 heavy (non-hydrogen) atoms. The van der Waals surface area contributed by atoms with E-state index < -0.39 is 11.8 Å². The molecule has 1 fully saturated rings. The van der Waals surface area contributed by atoms with Gasteiger partial charge in [0, 0.05) is 23.1 Å². The molecule has 0 spiro atoms. The fourth-order valence-corrected chi connectivity index (χ4v) is 3.14. The number of halogens is 1. The van der Waals surface area contributed by atoms with E-state index in [1.807, 2.05) is 60.7 Å².